The van der Waals surface area contributed by atoms with Gasteiger partial charge in [-0.1, -0.05) is 0 Å². The van der Waals surface area contributed by atoms with Gasteiger partial charge in [0.05, 0.1) is 32.0 Å². The predicted molar refractivity (Wildman–Crippen MR) is 111 cm³/mol. The minimum absolute atomic E-state index is 0.234. The van der Waals surface area contributed by atoms with Gasteiger partial charge < -0.3 is 24.3 Å². The van der Waals surface area contributed by atoms with Crippen molar-refractivity contribution in [1.82, 2.24) is 0 Å². The SMILES string of the molecule is CCOc1cc(C(=O)OCC(=O)Nc2sc3c(c2C(=O)OC)CCC3)ccc1OC. The van der Waals surface area contributed by atoms with Gasteiger partial charge in [0, 0.05) is 4.88 Å². The molecule has 8 nitrogen and oxygen atoms in total. The Kier molecular flexibility index (Phi) is 6.94. The molecule has 160 valence electrons. The Hall–Kier alpha value is -3.07. The number of fused-ring (bicyclic) bond motifs is 1. The van der Waals surface area contributed by atoms with Crippen LogP contribution in [0.4, 0.5) is 5.00 Å². The van der Waals surface area contributed by atoms with E-state index in [2.05, 4.69) is 5.32 Å². The van der Waals surface area contributed by atoms with Crippen molar-refractivity contribution in [1.29, 1.82) is 0 Å². The second-order valence-corrected chi connectivity index (χ2v) is 7.58. The van der Waals surface area contributed by atoms with Crippen LogP contribution in [0.3, 0.4) is 0 Å². The maximum atomic E-state index is 12.3. The first-order chi connectivity index (χ1) is 14.5. The molecule has 0 saturated carbocycles. The summed E-state index contributed by atoms with van der Waals surface area (Å²) in [6, 6.07) is 4.63. The van der Waals surface area contributed by atoms with Crippen LogP contribution in [-0.4, -0.2) is 45.3 Å². The maximum absolute atomic E-state index is 12.3. The number of rotatable bonds is 8. The van der Waals surface area contributed by atoms with E-state index in [4.69, 9.17) is 18.9 Å². The number of benzene rings is 1. The first-order valence-corrected chi connectivity index (χ1v) is 10.3. The van der Waals surface area contributed by atoms with Gasteiger partial charge >= 0.3 is 11.9 Å². The van der Waals surface area contributed by atoms with Crippen LogP contribution in [0.5, 0.6) is 11.5 Å². The molecule has 1 heterocycles. The van der Waals surface area contributed by atoms with Crippen LogP contribution in [0.25, 0.3) is 0 Å². The molecule has 0 fully saturated rings. The number of ether oxygens (including phenoxy) is 4. The summed E-state index contributed by atoms with van der Waals surface area (Å²) in [7, 11) is 2.81. The highest BCUT2D eigenvalue weighted by atomic mass is 32.1. The summed E-state index contributed by atoms with van der Waals surface area (Å²) in [5, 5.41) is 3.10. The van der Waals surface area contributed by atoms with E-state index in [1.807, 2.05) is 6.92 Å². The smallest absolute Gasteiger partial charge is 0.341 e. The Morgan fingerprint density at radius 1 is 1.10 bits per heavy atom. The predicted octanol–water partition coefficient (Wildman–Crippen LogP) is 3.23. The Balaban J connectivity index is 1.65. The molecular formula is C21H23NO7S. The third-order valence-corrected chi connectivity index (χ3v) is 5.80. The molecule has 1 aromatic carbocycles. The summed E-state index contributed by atoms with van der Waals surface area (Å²) in [5.74, 6) is -0.784. The molecule has 2 aromatic rings. The molecule has 0 radical (unpaired) electrons. The van der Waals surface area contributed by atoms with Gasteiger partial charge in [0.15, 0.2) is 18.1 Å². The molecule has 3 rings (SSSR count). The maximum Gasteiger partial charge on any atom is 0.341 e. The minimum Gasteiger partial charge on any atom is -0.493 e. The number of methoxy groups -OCH3 is 2. The Morgan fingerprint density at radius 2 is 1.90 bits per heavy atom. The molecule has 0 bridgehead atoms. The van der Waals surface area contributed by atoms with E-state index in [-0.39, 0.29) is 5.56 Å². The Labute approximate surface area is 178 Å². The molecule has 1 aromatic heterocycles. The summed E-state index contributed by atoms with van der Waals surface area (Å²) in [5.41, 5.74) is 1.56. The molecule has 0 aliphatic heterocycles. The summed E-state index contributed by atoms with van der Waals surface area (Å²) in [4.78, 5) is 37.9. The Bertz CT molecular complexity index is 967. The monoisotopic (exact) mass is 433 g/mol. The Morgan fingerprint density at radius 3 is 2.60 bits per heavy atom. The van der Waals surface area contributed by atoms with Crippen molar-refractivity contribution in [2.75, 3.05) is 32.8 Å². The molecule has 0 spiro atoms. The summed E-state index contributed by atoms with van der Waals surface area (Å²) < 4.78 is 20.6. The number of aryl methyl sites for hydroxylation is 1. The number of thiophene rings is 1. The fourth-order valence-corrected chi connectivity index (χ4v) is 4.55. The van der Waals surface area contributed by atoms with Crippen LogP contribution in [-0.2, 0) is 27.1 Å². The van der Waals surface area contributed by atoms with Crippen molar-refractivity contribution in [2.45, 2.75) is 26.2 Å². The van der Waals surface area contributed by atoms with E-state index in [1.54, 1.807) is 6.07 Å². The lowest BCUT2D eigenvalue weighted by atomic mass is 10.1. The molecule has 1 aliphatic carbocycles. The number of esters is 2. The molecule has 0 unspecified atom stereocenters. The van der Waals surface area contributed by atoms with E-state index < -0.39 is 24.5 Å². The number of nitrogens with one attached hydrogen (secondary N) is 1. The van der Waals surface area contributed by atoms with Crippen LogP contribution in [0.15, 0.2) is 18.2 Å². The summed E-state index contributed by atoms with van der Waals surface area (Å²) in [6.07, 6.45) is 2.62. The molecule has 1 amide bonds. The summed E-state index contributed by atoms with van der Waals surface area (Å²) in [6.45, 7) is 1.74. The van der Waals surface area contributed by atoms with Gasteiger partial charge in [0.2, 0.25) is 0 Å². The molecule has 1 aliphatic rings. The molecule has 1 N–H and O–H groups in total. The van der Waals surface area contributed by atoms with Gasteiger partial charge in [-0.3, -0.25) is 4.79 Å². The van der Waals surface area contributed by atoms with Crippen LogP contribution in [0.1, 0.15) is 44.5 Å². The largest absolute Gasteiger partial charge is 0.493 e. The minimum atomic E-state index is -0.671. The average molecular weight is 433 g/mol. The van der Waals surface area contributed by atoms with Crippen molar-refractivity contribution in [3.8, 4) is 11.5 Å². The quantitative estimate of drug-likeness (QED) is 0.638. The van der Waals surface area contributed by atoms with Crippen LogP contribution in [0, 0.1) is 0 Å². The van der Waals surface area contributed by atoms with E-state index in [0.717, 1.165) is 29.7 Å². The average Bonchev–Trinajstić information content (AvgIpc) is 3.32. The number of hydrogen-bond acceptors (Lipinski definition) is 8. The van der Waals surface area contributed by atoms with Gasteiger partial charge in [-0.2, -0.15) is 0 Å². The second-order valence-electron chi connectivity index (χ2n) is 6.48. The lowest BCUT2D eigenvalue weighted by molar-refractivity contribution is -0.119. The van der Waals surface area contributed by atoms with Crippen molar-refractivity contribution in [3.63, 3.8) is 0 Å². The first kappa shape index (κ1) is 21.6. The molecule has 0 saturated heterocycles. The van der Waals surface area contributed by atoms with E-state index >= 15 is 0 Å². The van der Waals surface area contributed by atoms with Crippen molar-refractivity contribution >= 4 is 34.2 Å². The third kappa shape index (κ3) is 4.56. The zero-order valence-electron chi connectivity index (χ0n) is 17.0. The van der Waals surface area contributed by atoms with Crippen LogP contribution < -0.4 is 14.8 Å². The fourth-order valence-electron chi connectivity index (χ4n) is 3.26. The first-order valence-electron chi connectivity index (χ1n) is 9.49. The molecule has 9 heteroatoms. The van der Waals surface area contributed by atoms with Gasteiger partial charge in [0.25, 0.3) is 5.91 Å². The number of amides is 1. The standard InChI is InChI=1S/C21H23NO7S/c1-4-28-15-10-12(8-9-14(15)26-2)20(24)29-11-17(23)22-19-18(21(25)27-3)13-6-5-7-16(13)30-19/h8-10H,4-7,11H2,1-3H3,(H,22,23). The van der Waals surface area contributed by atoms with Crippen molar-refractivity contribution < 1.29 is 33.3 Å². The zero-order valence-corrected chi connectivity index (χ0v) is 17.9. The number of carbonyl (C=O) groups excluding carboxylic acids is 3. The van der Waals surface area contributed by atoms with Crippen molar-refractivity contribution in [2.24, 2.45) is 0 Å². The lowest BCUT2D eigenvalue weighted by Crippen LogP contribution is -2.21. The van der Waals surface area contributed by atoms with E-state index in [9.17, 15) is 14.4 Å². The highest BCUT2D eigenvalue weighted by molar-refractivity contribution is 7.17. The second kappa shape index (κ2) is 9.62. The van der Waals surface area contributed by atoms with Crippen molar-refractivity contribution in [3.05, 3.63) is 39.8 Å². The topological polar surface area (TPSA) is 100 Å². The lowest BCUT2D eigenvalue weighted by Gasteiger charge is -2.11. The van der Waals surface area contributed by atoms with Crippen LogP contribution in [0.2, 0.25) is 0 Å². The number of hydrogen-bond donors (Lipinski definition) is 1. The number of carbonyl (C=O) groups is 3. The van der Waals surface area contributed by atoms with Gasteiger partial charge in [-0.15, -0.1) is 11.3 Å². The van der Waals surface area contributed by atoms with Crippen LogP contribution >= 0.6 is 11.3 Å². The van der Waals surface area contributed by atoms with E-state index in [0.29, 0.717) is 28.7 Å². The highest BCUT2D eigenvalue weighted by Gasteiger charge is 2.28. The van der Waals surface area contributed by atoms with Gasteiger partial charge in [-0.25, -0.2) is 9.59 Å². The van der Waals surface area contributed by atoms with Gasteiger partial charge in [-0.05, 0) is 49.9 Å². The normalized spacial score (nSPS) is 12.1. The highest BCUT2D eigenvalue weighted by Crippen LogP contribution is 2.39. The fraction of sp³-hybridized carbons (Fsp3) is 0.381. The molecule has 0 atom stereocenters. The van der Waals surface area contributed by atoms with Gasteiger partial charge in [0.1, 0.15) is 5.00 Å². The molecular weight excluding hydrogens is 410 g/mol. The number of anilines is 1. The summed E-state index contributed by atoms with van der Waals surface area (Å²) >= 11 is 1.36. The van der Waals surface area contributed by atoms with E-state index in [1.165, 1.54) is 37.7 Å². The molecule has 30 heavy (non-hydrogen) atoms. The third-order valence-electron chi connectivity index (χ3n) is 4.60. The zero-order chi connectivity index (χ0) is 21.7.